The van der Waals surface area contributed by atoms with Gasteiger partial charge >= 0.3 is 0 Å². The van der Waals surface area contributed by atoms with Gasteiger partial charge in [0.2, 0.25) is 5.95 Å². The summed E-state index contributed by atoms with van der Waals surface area (Å²) in [6.45, 7) is 4.67. The van der Waals surface area contributed by atoms with E-state index in [1.54, 1.807) is 6.20 Å². The first kappa shape index (κ1) is 11.5. The summed E-state index contributed by atoms with van der Waals surface area (Å²) < 4.78 is 2.22. The van der Waals surface area contributed by atoms with Crippen LogP contribution in [-0.2, 0) is 0 Å². The maximum absolute atomic E-state index is 6.13. The molecule has 18 heavy (non-hydrogen) atoms. The van der Waals surface area contributed by atoms with Crippen molar-refractivity contribution in [2.45, 2.75) is 45.6 Å². The number of rotatable bonds is 1. The fraction of sp³-hybridized carbons (Fsp3) is 0.571. The quantitative estimate of drug-likeness (QED) is 0.838. The van der Waals surface area contributed by atoms with Crippen molar-refractivity contribution in [3.05, 3.63) is 18.5 Å². The van der Waals surface area contributed by atoms with E-state index >= 15 is 0 Å². The summed E-state index contributed by atoms with van der Waals surface area (Å²) in [6.07, 6.45) is 8.64. The van der Waals surface area contributed by atoms with E-state index in [1.807, 2.05) is 12.3 Å². The highest BCUT2D eigenvalue weighted by atomic mass is 15.2. The van der Waals surface area contributed by atoms with Gasteiger partial charge in [-0.2, -0.15) is 0 Å². The highest BCUT2D eigenvalue weighted by Gasteiger charge is 2.35. The van der Waals surface area contributed by atoms with Crippen LogP contribution in [0.2, 0.25) is 0 Å². The Balaban J connectivity index is 2.16. The molecule has 1 unspecified atom stereocenters. The summed E-state index contributed by atoms with van der Waals surface area (Å²) in [5, 5.41) is 0. The van der Waals surface area contributed by atoms with Crippen molar-refractivity contribution >= 4 is 17.0 Å². The molecule has 0 radical (unpaired) electrons. The number of nitrogens with zero attached hydrogens (tertiary/aromatic N) is 3. The maximum Gasteiger partial charge on any atom is 0.201 e. The first-order valence-electron chi connectivity index (χ1n) is 6.67. The minimum Gasteiger partial charge on any atom is -0.369 e. The van der Waals surface area contributed by atoms with E-state index in [2.05, 4.69) is 28.4 Å². The minimum absolute atomic E-state index is 0.281. The molecule has 2 aromatic heterocycles. The Morgan fingerprint density at radius 2 is 2.22 bits per heavy atom. The molecule has 0 spiro atoms. The fourth-order valence-corrected chi connectivity index (χ4v) is 3.25. The highest BCUT2D eigenvalue weighted by Crippen LogP contribution is 2.45. The normalized spacial score (nSPS) is 23.3. The minimum atomic E-state index is 0.281. The zero-order chi connectivity index (χ0) is 12.8. The summed E-state index contributed by atoms with van der Waals surface area (Å²) in [4.78, 5) is 8.55. The number of hydrogen-bond acceptors (Lipinski definition) is 3. The standard InChI is InChI=1S/C14H20N4/c1-14(2)7-4-3-5-12(14)18-11-6-8-16-9-10(11)17-13(18)15/h6,8-9,12H,3-5,7H2,1-2H3,(H2,15,17). The van der Waals surface area contributed by atoms with E-state index < -0.39 is 0 Å². The fourth-order valence-electron chi connectivity index (χ4n) is 3.25. The second-order valence-corrected chi connectivity index (χ2v) is 5.95. The summed E-state index contributed by atoms with van der Waals surface area (Å²) in [7, 11) is 0. The Morgan fingerprint density at radius 3 is 3.00 bits per heavy atom. The van der Waals surface area contributed by atoms with Crippen LogP contribution in [0.3, 0.4) is 0 Å². The molecule has 0 aromatic carbocycles. The molecule has 3 rings (SSSR count). The van der Waals surface area contributed by atoms with E-state index in [4.69, 9.17) is 5.73 Å². The molecule has 2 heterocycles. The number of fused-ring (bicyclic) bond motifs is 1. The Labute approximate surface area is 107 Å². The SMILES string of the molecule is CC1(C)CCCCC1n1c(N)nc2cnccc21. The Hall–Kier alpha value is -1.58. The van der Waals surface area contributed by atoms with Gasteiger partial charge in [0, 0.05) is 12.2 Å². The van der Waals surface area contributed by atoms with Gasteiger partial charge in [0.15, 0.2) is 0 Å². The summed E-state index contributed by atoms with van der Waals surface area (Å²) >= 11 is 0. The number of aromatic nitrogens is 3. The molecule has 0 saturated heterocycles. The molecule has 4 nitrogen and oxygen atoms in total. The molecule has 2 N–H and O–H groups in total. The number of nitrogen functional groups attached to an aromatic ring is 1. The van der Waals surface area contributed by atoms with Crippen LogP contribution in [0.15, 0.2) is 18.5 Å². The molecule has 0 aliphatic heterocycles. The van der Waals surface area contributed by atoms with Gasteiger partial charge in [-0.05, 0) is 24.3 Å². The zero-order valence-electron chi connectivity index (χ0n) is 11.1. The lowest BCUT2D eigenvalue weighted by Crippen LogP contribution is -2.31. The predicted octanol–water partition coefficient (Wildman–Crippen LogP) is 3.15. The lowest BCUT2D eigenvalue weighted by molar-refractivity contribution is 0.149. The first-order valence-corrected chi connectivity index (χ1v) is 6.67. The van der Waals surface area contributed by atoms with E-state index in [0.717, 1.165) is 11.0 Å². The average Bonchev–Trinajstić information content (AvgIpc) is 2.65. The third-order valence-corrected chi connectivity index (χ3v) is 4.28. The molecule has 0 amide bonds. The third-order valence-electron chi connectivity index (χ3n) is 4.28. The molecule has 1 fully saturated rings. The van der Waals surface area contributed by atoms with Crippen LogP contribution in [0.5, 0.6) is 0 Å². The second kappa shape index (κ2) is 3.97. The van der Waals surface area contributed by atoms with Crippen LogP contribution >= 0.6 is 0 Å². The molecule has 4 heteroatoms. The van der Waals surface area contributed by atoms with Crippen LogP contribution in [0.1, 0.15) is 45.6 Å². The Bertz CT molecular complexity index is 570. The van der Waals surface area contributed by atoms with Crippen molar-refractivity contribution in [2.75, 3.05) is 5.73 Å². The predicted molar refractivity (Wildman–Crippen MR) is 73.2 cm³/mol. The van der Waals surface area contributed by atoms with Crippen molar-refractivity contribution in [1.29, 1.82) is 0 Å². The Kier molecular flexibility index (Phi) is 2.54. The first-order chi connectivity index (χ1) is 8.59. The van der Waals surface area contributed by atoms with Crippen LogP contribution in [-0.4, -0.2) is 14.5 Å². The summed E-state index contributed by atoms with van der Waals surface area (Å²) in [5.74, 6) is 0.623. The average molecular weight is 244 g/mol. The number of nitrogens with two attached hydrogens (primary N) is 1. The van der Waals surface area contributed by atoms with Gasteiger partial charge in [0.05, 0.1) is 11.7 Å². The Morgan fingerprint density at radius 1 is 1.39 bits per heavy atom. The van der Waals surface area contributed by atoms with Crippen molar-refractivity contribution < 1.29 is 0 Å². The molecule has 1 aliphatic carbocycles. The van der Waals surface area contributed by atoms with E-state index in [1.165, 1.54) is 25.7 Å². The molecule has 0 bridgehead atoms. The van der Waals surface area contributed by atoms with Gasteiger partial charge in [-0.15, -0.1) is 0 Å². The number of anilines is 1. The van der Waals surface area contributed by atoms with Gasteiger partial charge in [-0.3, -0.25) is 4.98 Å². The van der Waals surface area contributed by atoms with Crippen molar-refractivity contribution in [2.24, 2.45) is 5.41 Å². The van der Waals surface area contributed by atoms with Crippen LogP contribution in [0.25, 0.3) is 11.0 Å². The van der Waals surface area contributed by atoms with Crippen LogP contribution in [0, 0.1) is 5.41 Å². The molecule has 2 aromatic rings. The third kappa shape index (κ3) is 1.67. The number of imidazole rings is 1. The summed E-state index contributed by atoms with van der Waals surface area (Å²) in [6, 6.07) is 2.46. The molecule has 1 saturated carbocycles. The van der Waals surface area contributed by atoms with E-state index in [-0.39, 0.29) is 5.41 Å². The van der Waals surface area contributed by atoms with Crippen molar-refractivity contribution in [3.8, 4) is 0 Å². The lowest BCUT2D eigenvalue weighted by atomic mass is 9.73. The van der Waals surface area contributed by atoms with Gasteiger partial charge in [0.25, 0.3) is 0 Å². The zero-order valence-corrected chi connectivity index (χ0v) is 11.1. The topological polar surface area (TPSA) is 56.7 Å². The molecule has 1 atom stereocenters. The van der Waals surface area contributed by atoms with Gasteiger partial charge in [-0.25, -0.2) is 4.98 Å². The number of pyridine rings is 1. The second-order valence-electron chi connectivity index (χ2n) is 5.95. The van der Waals surface area contributed by atoms with Crippen molar-refractivity contribution in [3.63, 3.8) is 0 Å². The monoisotopic (exact) mass is 244 g/mol. The van der Waals surface area contributed by atoms with E-state index in [9.17, 15) is 0 Å². The highest BCUT2D eigenvalue weighted by molar-refractivity contribution is 5.77. The van der Waals surface area contributed by atoms with Crippen LogP contribution < -0.4 is 5.73 Å². The molecule has 1 aliphatic rings. The lowest BCUT2D eigenvalue weighted by Gasteiger charge is -2.40. The number of hydrogen-bond donors (Lipinski definition) is 1. The largest absolute Gasteiger partial charge is 0.369 e. The van der Waals surface area contributed by atoms with E-state index in [0.29, 0.717) is 12.0 Å². The van der Waals surface area contributed by atoms with Crippen molar-refractivity contribution in [1.82, 2.24) is 14.5 Å². The van der Waals surface area contributed by atoms with Gasteiger partial charge < -0.3 is 10.3 Å². The van der Waals surface area contributed by atoms with Gasteiger partial charge in [0.1, 0.15) is 5.52 Å². The molecular formula is C14H20N4. The molecule has 96 valence electrons. The van der Waals surface area contributed by atoms with Crippen LogP contribution in [0.4, 0.5) is 5.95 Å². The van der Waals surface area contributed by atoms with Gasteiger partial charge in [-0.1, -0.05) is 26.7 Å². The smallest absolute Gasteiger partial charge is 0.201 e. The maximum atomic E-state index is 6.13. The summed E-state index contributed by atoms with van der Waals surface area (Å²) in [5.41, 5.74) is 8.42. The molecular weight excluding hydrogens is 224 g/mol.